The number of carboxylic acid groups (broad SMARTS) is 1. The minimum Gasteiger partial charge on any atom is -0.507 e. The van der Waals surface area contributed by atoms with Gasteiger partial charge in [0.05, 0.1) is 10.7 Å². The van der Waals surface area contributed by atoms with E-state index in [0.717, 1.165) is 5.56 Å². The molecule has 0 spiro atoms. The van der Waals surface area contributed by atoms with E-state index >= 15 is 0 Å². The maximum Gasteiger partial charge on any atom is 0.339 e. The fraction of sp³-hybridized carbons (Fsp3) is 0.0714. The highest BCUT2D eigenvalue weighted by molar-refractivity contribution is 6.30. The topological polar surface area (TPSA) is 99.8 Å². The average molecular weight is 319 g/mol. The Labute approximate surface area is 129 Å². The molecule has 0 atom stereocenters. The zero-order valence-corrected chi connectivity index (χ0v) is 11.9. The summed E-state index contributed by atoms with van der Waals surface area (Å²) in [6.07, 6.45) is 3.23. The van der Waals surface area contributed by atoms with Gasteiger partial charge in [0, 0.05) is 12.7 Å². The molecule has 0 radical (unpaired) electrons. The molecule has 0 unspecified atom stereocenters. The third-order valence-electron chi connectivity index (χ3n) is 3.13. The first kappa shape index (κ1) is 14.2. The summed E-state index contributed by atoms with van der Waals surface area (Å²) in [7, 11) is 0. The number of aromatic carboxylic acids is 1. The maximum absolute atomic E-state index is 10.9. The van der Waals surface area contributed by atoms with Crippen LogP contribution in [0.2, 0.25) is 5.02 Å². The Balaban J connectivity index is 1.84. The molecular weight excluding hydrogens is 308 g/mol. The SMILES string of the molecule is O=C(O)c1ccc(CNc2cc(Cl)cn3cnnc23)cc1O. The Hall–Kier alpha value is -2.80. The molecule has 1 aromatic carbocycles. The van der Waals surface area contributed by atoms with Crippen LogP contribution in [0.25, 0.3) is 5.65 Å². The lowest BCUT2D eigenvalue weighted by atomic mass is 10.1. The number of rotatable bonds is 4. The van der Waals surface area contributed by atoms with E-state index in [1.807, 2.05) is 0 Å². The van der Waals surface area contributed by atoms with Gasteiger partial charge in [-0.2, -0.15) is 0 Å². The van der Waals surface area contributed by atoms with Crippen molar-refractivity contribution in [1.82, 2.24) is 14.6 Å². The largest absolute Gasteiger partial charge is 0.507 e. The van der Waals surface area contributed by atoms with Gasteiger partial charge in [0.2, 0.25) is 0 Å². The van der Waals surface area contributed by atoms with Crippen LogP contribution in [0.5, 0.6) is 5.75 Å². The number of carboxylic acids is 1. The summed E-state index contributed by atoms with van der Waals surface area (Å²) in [6, 6.07) is 6.11. The molecule has 0 fully saturated rings. The lowest BCUT2D eigenvalue weighted by Crippen LogP contribution is -2.03. The molecule has 0 aliphatic carbocycles. The van der Waals surface area contributed by atoms with Gasteiger partial charge in [-0.1, -0.05) is 17.7 Å². The van der Waals surface area contributed by atoms with Crippen molar-refractivity contribution < 1.29 is 15.0 Å². The van der Waals surface area contributed by atoms with E-state index in [4.69, 9.17) is 16.7 Å². The van der Waals surface area contributed by atoms with E-state index in [1.165, 1.54) is 12.1 Å². The van der Waals surface area contributed by atoms with Gasteiger partial charge in [-0.15, -0.1) is 10.2 Å². The number of hydrogen-bond donors (Lipinski definition) is 3. The van der Waals surface area contributed by atoms with Gasteiger partial charge in [0.1, 0.15) is 17.6 Å². The number of carbonyl (C=O) groups is 1. The number of nitrogens with one attached hydrogen (secondary N) is 1. The first-order valence-corrected chi connectivity index (χ1v) is 6.70. The molecule has 112 valence electrons. The standard InChI is InChI=1S/C14H11ClN4O3/c15-9-4-11(13-18-17-7-19(13)6-9)16-5-8-1-2-10(14(21)22)12(20)3-8/h1-4,6-7,16,20H,5H2,(H,21,22). The highest BCUT2D eigenvalue weighted by atomic mass is 35.5. The third kappa shape index (κ3) is 2.66. The van der Waals surface area contributed by atoms with Gasteiger partial charge in [-0.3, -0.25) is 4.40 Å². The first-order valence-electron chi connectivity index (χ1n) is 6.32. The maximum atomic E-state index is 10.9. The van der Waals surface area contributed by atoms with Crippen LogP contribution in [0.4, 0.5) is 5.69 Å². The van der Waals surface area contributed by atoms with E-state index in [1.54, 1.807) is 29.1 Å². The van der Waals surface area contributed by atoms with Crippen molar-refractivity contribution in [2.24, 2.45) is 0 Å². The van der Waals surface area contributed by atoms with Crippen LogP contribution in [0.1, 0.15) is 15.9 Å². The molecule has 0 saturated carbocycles. The van der Waals surface area contributed by atoms with Gasteiger partial charge in [-0.25, -0.2) is 4.79 Å². The van der Waals surface area contributed by atoms with Crippen LogP contribution >= 0.6 is 11.6 Å². The van der Waals surface area contributed by atoms with E-state index in [9.17, 15) is 9.90 Å². The molecule has 3 N–H and O–H groups in total. The smallest absolute Gasteiger partial charge is 0.339 e. The third-order valence-corrected chi connectivity index (χ3v) is 3.34. The average Bonchev–Trinajstić information content (AvgIpc) is 2.92. The Kier molecular flexibility index (Phi) is 3.56. The second kappa shape index (κ2) is 5.53. The number of nitrogens with zero attached hydrogens (tertiary/aromatic N) is 3. The van der Waals surface area contributed by atoms with E-state index < -0.39 is 5.97 Å². The molecule has 0 bridgehead atoms. The monoisotopic (exact) mass is 318 g/mol. The molecule has 3 rings (SSSR count). The second-order valence-electron chi connectivity index (χ2n) is 4.64. The van der Waals surface area contributed by atoms with Gasteiger partial charge in [-0.05, 0) is 23.8 Å². The van der Waals surface area contributed by atoms with Crippen LogP contribution in [0.3, 0.4) is 0 Å². The highest BCUT2D eigenvalue weighted by Crippen LogP contribution is 2.23. The summed E-state index contributed by atoms with van der Waals surface area (Å²) >= 11 is 6.02. The number of halogens is 1. The van der Waals surface area contributed by atoms with Crippen LogP contribution < -0.4 is 5.32 Å². The van der Waals surface area contributed by atoms with Gasteiger partial charge in [0.15, 0.2) is 5.65 Å². The lowest BCUT2D eigenvalue weighted by Gasteiger charge is -2.09. The number of hydrogen-bond acceptors (Lipinski definition) is 5. The van der Waals surface area contributed by atoms with Crippen molar-refractivity contribution in [3.63, 3.8) is 0 Å². The van der Waals surface area contributed by atoms with E-state index in [0.29, 0.717) is 22.9 Å². The molecule has 2 aromatic heterocycles. The Morgan fingerprint density at radius 2 is 2.18 bits per heavy atom. The van der Waals surface area contributed by atoms with Crippen LogP contribution in [0.15, 0.2) is 36.8 Å². The summed E-state index contributed by atoms with van der Waals surface area (Å²) in [5, 5.41) is 30.0. The van der Waals surface area contributed by atoms with Crippen molar-refractivity contribution >= 4 is 28.9 Å². The summed E-state index contributed by atoms with van der Waals surface area (Å²) in [4.78, 5) is 10.9. The molecule has 0 amide bonds. The van der Waals surface area contributed by atoms with Gasteiger partial charge >= 0.3 is 5.97 Å². The first-order chi connectivity index (χ1) is 10.5. The number of phenols is 1. The summed E-state index contributed by atoms with van der Waals surface area (Å²) < 4.78 is 1.69. The van der Waals surface area contributed by atoms with Crippen LogP contribution in [-0.4, -0.2) is 30.8 Å². The van der Waals surface area contributed by atoms with Gasteiger partial charge in [0.25, 0.3) is 0 Å². The number of benzene rings is 1. The molecule has 22 heavy (non-hydrogen) atoms. The highest BCUT2D eigenvalue weighted by Gasteiger charge is 2.10. The minimum atomic E-state index is -1.17. The van der Waals surface area contributed by atoms with Crippen LogP contribution in [0, 0.1) is 0 Å². The molecular formula is C14H11ClN4O3. The number of pyridine rings is 1. The minimum absolute atomic E-state index is 0.133. The van der Waals surface area contributed by atoms with Crippen molar-refractivity contribution in [3.8, 4) is 5.75 Å². The van der Waals surface area contributed by atoms with Crippen molar-refractivity contribution in [1.29, 1.82) is 0 Å². The van der Waals surface area contributed by atoms with Crippen molar-refractivity contribution in [2.45, 2.75) is 6.54 Å². The lowest BCUT2D eigenvalue weighted by molar-refractivity contribution is 0.0693. The second-order valence-corrected chi connectivity index (χ2v) is 5.08. The molecule has 3 aromatic rings. The summed E-state index contributed by atoms with van der Waals surface area (Å²) in [5.41, 5.74) is 1.90. The summed E-state index contributed by atoms with van der Waals surface area (Å²) in [6.45, 7) is 0.371. The Bertz CT molecular complexity index is 862. The molecule has 0 aliphatic heterocycles. The molecule has 0 saturated heterocycles. The number of fused-ring (bicyclic) bond motifs is 1. The van der Waals surface area contributed by atoms with Gasteiger partial charge < -0.3 is 15.5 Å². The quantitative estimate of drug-likeness (QED) is 0.683. The Morgan fingerprint density at radius 3 is 2.91 bits per heavy atom. The zero-order chi connectivity index (χ0) is 15.7. The Morgan fingerprint density at radius 1 is 1.36 bits per heavy atom. The van der Waals surface area contributed by atoms with E-state index in [2.05, 4.69) is 15.5 Å². The number of aromatic hydroxyl groups is 1. The number of aromatic nitrogens is 3. The normalized spacial score (nSPS) is 10.8. The predicted octanol–water partition coefficient (Wildman–Crippen LogP) is 2.40. The van der Waals surface area contributed by atoms with Crippen molar-refractivity contribution in [3.05, 3.63) is 52.9 Å². The van der Waals surface area contributed by atoms with E-state index in [-0.39, 0.29) is 11.3 Å². The molecule has 2 heterocycles. The predicted molar refractivity (Wildman–Crippen MR) is 80.4 cm³/mol. The van der Waals surface area contributed by atoms with Crippen molar-refractivity contribution in [2.75, 3.05) is 5.32 Å². The molecule has 0 aliphatic rings. The summed E-state index contributed by atoms with van der Waals surface area (Å²) in [5.74, 6) is -1.44. The fourth-order valence-electron chi connectivity index (χ4n) is 2.10. The van der Waals surface area contributed by atoms with Crippen LogP contribution in [-0.2, 0) is 6.54 Å². The number of anilines is 1. The molecule has 7 nitrogen and oxygen atoms in total. The fourth-order valence-corrected chi connectivity index (χ4v) is 2.31. The zero-order valence-electron chi connectivity index (χ0n) is 11.2. The molecule has 8 heteroatoms.